The number of ether oxygens (including phenoxy) is 2. The molecular formula is C21H24N4O4. The average molecular weight is 396 g/mol. The molecule has 0 saturated carbocycles. The molecule has 3 aromatic heterocycles. The Balaban J connectivity index is 1.68. The van der Waals surface area contributed by atoms with E-state index in [-0.39, 0.29) is 18.6 Å². The van der Waals surface area contributed by atoms with Crippen LogP contribution in [0.2, 0.25) is 0 Å². The number of rotatable bonds is 5. The minimum atomic E-state index is -0.708. The number of carbonyl (C=O) groups excluding carboxylic acids is 1. The standard InChI is InChI=1S/C21H24N4O4/c1-13-3-6-23-19-15(21(27)24-16-5-8-29-12-17(16)26)11-25(20(13)19)10-14-4-7-22-18(9-14)28-2/h3-4,6-7,9,11,16-17,26H,5,8,10,12H2,1-2H3,(H,24,27)/t16-,17-/m1/s1. The van der Waals surface area contributed by atoms with Crippen LogP contribution >= 0.6 is 0 Å². The molecule has 1 amide bonds. The molecule has 0 unspecified atom stereocenters. The third kappa shape index (κ3) is 3.94. The fourth-order valence-corrected chi connectivity index (χ4v) is 3.68. The zero-order valence-electron chi connectivity index (χ0n) is 16.5. The Morgan fingerprint density at radius 2 is 2.21 bits per heavy atom. The van der Waals surface area contributed by atoms with Crippen molar-refractivity contribution in [3.05, 3.63) is 53.5 Å². The molecule has 152 valence electrons. The third-order valence-corrected chi connectivity index (χ3v) is 5.20. The molecule has 2 N–H and O–H groups in total. The molecule has 1 fully saturated rings. The van der Waals surface area contributed by atoms with Crippen molar-refractivity contribution in [2.45, 2.75) is 32.0 Å². The lowest BCUT2D eigenvalue weighted by molar-refractivity contribution is -0.0260. The second-order valence-electron chi connectivity index (χ2n) is 7.21. The van der Waals surface area contributed by atoms with Gasteiger partial charge in [0.15, 0.2) is 0 Å². The van der Waals surface area contributed by atoms with Crippen LogP contribution in [-0.2, 0) is 11.3 Å². The van der Waals surface area contributed by atoms with Crippen molar-refractivity contribution in [1.29, 1.82) is 0 Å². The topological polar surface area (TPSA) is 98.5 Å². The van der Waals surface area contributed by atoms with Gasteiger partial charge in [0.1, 0.15) is 5.52 Å². The monoisotopic (exact) mass is 396 g/mol. The first-order chi connectivity index (χ1) is 14.1. The summed E-state index contributed by atoms with van der Waals surface area (Å²) >= 11 is 0. The Bertz CT molecular complexity index is 1030. The Hall–Kier alpha value is -2.97. The number of hydrogen-bond acceptors (Lipinski definition) is 6. The predicted molar refractivity (Wildman–Crippen MR) is 107 cm³/mol. The summed E-state index contributed by atoms with van der Waals surface area (Å²) in [5.41, 5.74) is 4.07. The minimum absolute atomic E-state index is 0.230. The number of methoxy groups -OCH3 is 1. The molecular weight excluding hydrogens is 372 g/mol. The zero-order valence-corrected chi connectivity index (χ0v) is 16.5. The minimum Gasteiger partial charge on any atom is -0.481 e. The number of pyridine rings is 2. The number of nitrogens with one attached hydrogen (secondary N) is 1. The number of aromatic nitrogens is 3. The van der Waals surface area contributed by atoms with Gasteiger partial charge in [0.25, 0.3) is 5.91 Å². The van der Waals surface area contributed by atoms with E-state index in [1.54, 1.807) is 19.5 Å². The van der Waals surface area contributed by atoms with E-state index in [1.165, 1.54) is 0 Å². The molecule has 4 rings (SSSR count). The van der Waals surface area contributed by atoms with Gasteiger partial charge >= 0.3 is 0 Å². The summed E-state index contributed by atoms with van der Waals surface area (Å²) < 4.78 is 12.5. The van der Waals surface area contributed by atoms with E-state index < -0.39 is 6.10 Å². The van der Waals surface area contributed by atoms with Gasteiger partial charge < -0.3 is 24.5 Å². The van der Waals surface area contributed by atoms with Crippen LogP contribution in [0.15, 0.2) is 36.8 Å². The molecule has 8 heteroatoms. The van der Waals surface area contributed by atoms with E-state index in [2.05, 4.69) is 15.3 Å². The second kappa shape index (κ2) is 8.18. The van der Waals surface area contributed by atoms with Gasteiger partial charge in [-0.15, -0.1) is 0 Å². The van der Waals surface area contributed by atoms with E-state index in [1.807, 2.05) is 35.9 Å². The van der Waals surface area contributed by atoms with Crippen LogP contribution in [0.1, 0.15) is 27.9 Å². The van der Waals surface area contributed by atoms with Crippen LogP contribution in [0.4, 0.5) is 0 Å². The van der Waals surface area contributed by atoms with E-state index >= 15 is 0 Å². The van der Waals surface area contributed by atoms with Gasteiger partial charge in [0, 0.05) is 37.8 Å². The van der Waals surface area contributed by atoms with Crippen molar-refractivity contribution >= 4 is 16.9 Å². The third-order valence-electron chi connectivity index (χ3n) is 5.20. The van der Waals surface area contributed by atoms with E-state index in [0.717, 1.165) is 16.6 Å². The van der Waals surface area contributed by atoms with Crippen LogP contribution in [-0.4, -0.2) is 58.0 Å². The molecule has 1 aliphatic heterocycles. The number of aliphatic hydroxyl groups excluding tert-OH is 1. The molecule has 8 nitrogen and oxygen atoms in total. The number of fused-ring (bicyclic) bond motifs is 1. The molecule has 0 aliphatic carbocycles. The fourth-order valence-electron chi connectivity index (χ4n) is 3.68. The van der Waals surface area contributed by atoms with Crippen molar-refractivity contribution in [2.75, 3.05) is 20.3 Å². The normalized spacial score (nSPS) is 19.3. The lowest BCUT2D eigenvalue weighted by Crippen LogP contribution is -2.48. The molecule has 4 heterocycles. The summed E-state index contributed by atoms with van der Waals surface area (Å²) in [6.07, 6.45) is 5.09. The summed E-state index contributed by atoms with van der Waals surface area (Å²) in [4.78, 5) is 21.6. The van der Waals surface area contributed by atoms with Crippen LogP contribution in [0.3, 0.4) is 0 Å². The maximum atomic E-state index is 13.0. The summed E-state index contributed by atoms with van der Waals surface area (Å²) in [5, 5.41) is 13.0. The summed E-state index contributed by atoms with van der Waals surface area (Å²) in [6, 6.07) is 5.38. The lowest BCUT2D eigenvalue weighted by atomic mass is 10.1. The summed E-state index contributed by atoms with van der Waals surface area (Å²) in [6.45, 7) is 3.30. The lowest BCUT2D eigenvalue weighted by Gasteiger charge is -2.28. The molecule has 0 radical (unpaired) electrons. The largest absolute Gasteiger partial charge is 0.481 e. The number of carbonyl (C=O) groups is 1. The first-order valence-corrected chi connectivity index (χ1v) is 9.57. The van der Waals surface area contributed by atoms with Crippen LogP contribution in [0.25, 0.3) is 11.0 Å². The Morgan fingerprint density at radius 3 is 3.00 bits per heavy atom. The van der Waals surface area contributed by atoms with Crippen LogP contribution < -0.4 is 10.1 Å². The molecule has 0 bridgehead atoms. The van der Waals surface area contributed by atoms with Gasteiger partial charge in [-0.3, -0.25) is 9.78 Å². The first-order valence-electron chi connectivity index (χ1n) is 9.57. The summed E-state index contributed by atoms with van der Waals surface area (Å²) in [7, 11) is 1.58. The van der Waals surface area contributed by atoms with Crippen molar-refractivity contribution in [3.8, 4) is 5.88 Å². The maximum absolute atomic E-state index is 13.0. The highest BCUT2D eigenvalue weighted by atomic mass is 16.5. The first kappa shape index (κ1) is 19.4. The highest BCUT2D eigenvalue weighted by Gasteiger charge is 2.27. The molecule has 29 heavy (non-hydrogen) atoms. The molecule has 3 aromatic rings. The van der Waals surface area contributed by atoms with Crippen molar-refractivity contribution in [2.24, 2.45) is 0 Å². The van der Waals surface area contributed by atoms with Gasteiger partial charge in [0.05, 0.1) is 36.9 Å². The molecule has 0 aromatic carbocycles. The Morgan fingerprint density at radius 1 is 1.38 bits per heavy atom. The second-order valence-corrected chi connectivity index (χ2v) is 7.21. The van der Waals surface area contributed by atoms with Gasteiger partial charge in [-0.1, -0.05) is 0 Å². The predicted octanol–water partition coefficient (Wildman–Crippen LogP) is 1.68. The molecule has 1 aliphatic rings. The SMILES string of the molecule is COc1cc(Cn2cc(C(=O)N[C@@H]3CCOC[C@H]3O)c3nccc(C)c32)ccn1. The van der Waals surface area contributed by atoms with Crippen molar-refractivity contribution in [1.82, 2.24) is 19.9 Å². The zero-order chi connectivity index (χ0) is 20.4. The van der Waals surface area contributed by atoms with Gasteiger partial charge in [0.2, 0.25) is 5.88 Å². The number of aliphatic hydroxyl groups is 1. The molecule has 2 atom stereocenters. The molecule has 1 saturated heterocycles. The van der Waals surface area contributed by atoms with E-state index in [0.29, 0.717) is 36.5 Å². The number of nitrogens with zero attached hydrogens (tertiary/aromatic N) is 3. The maximum Gasteiger partial charge on any atom is 0.255 e. The number of amides is 1. The fraction of sp³-hybridized carbons (Fsp3) is 0.381. The Kier molecular flexibility index (Phi) is 5.46. The number of aryl methyl sites for hydroxylation is 1. The van der Waals surface area contributed by atoms with Gasteiger partial charge in [-0.25, -0.2) is 4.98 Å². The number of hydrogen-bond donors (Lipinski definition) is 2. The van der Waals surface area contributed by atoms with Crippen LogP contribution in [0.5, 0.6) is 5.88 Å². The Labute approximate surface area is 168 Å². The van der Waals surface area contributed by atoms with Crippen molar-refractivity contribution in [3.63, 3.8) is 0 Å². The smallest absolute Gasteiger partial charge is 0.255 e. The van der Waals surface area contributed by atoms with E-state index in [9.17, 15) is 9.90 Å². The highest BCUT2D eigenvalue weighted by Crippen LogP contribution is 2.24. The summed E-state index contributed by atoms with van der Waals surface area (Å²) in [5.74, 6) is 0.297. The average Bonchev–Trinajstić information content (AvgIpc) is 3.09. The van der Waals surface area contributed by atoms with Gasteiger partial charge in [-0.05, 0) is 36.6 Å². The highest BCUT2D eigenvalue weighted by molar-refractivity contribution is 6.06. The quantitative estimate of drug-likeness (QED) is 0.681. The van der Waals surface area contributed by atoms with Crippen LogP contribution in [0, 0.1) is 6.92 Å². The van der Waals surface area contributed by atoms with Crippen molar-refractivity contribution < 1.29 is 19.4 Å². The molecule has 0 spiro atoms. The van der Waals surface area contributed by atoms with Gasteiger partial charge in [-0.2, -0.15) is 0 Å². The van der Waals surface area contributed by atoms with E-state index in [4.69, 9.17) is 9.47 Å².